The number of nitrogens with zero attached hydrogens (tertiary/aromatic N) is 2. The molecular weight excluding hydrogens is 432 g/mol. The number of nitrogens with one attached hydrogen (secondary N) is 1. The van der Waals surface area contributed by atoms with Crippen LogP contribution in [0.25, 0.3) is 21.3 Å². The molecule has 5 nitrogen and oxygen atoms in total. The number of fused-ring (bicyclic) bond motifs is 1. The summed E-state index contributed by atoms with van der Waals surface area (Å²) in [7, 11) is 1.57. The Morgan fingerprint density at radius 3 is 2.48 bits per heavy atom. The van der Waals surface area contributed by atoms with Gasteiger partial charge in [0.2, 0.25) is 0 Å². The summed E-state index contributed by atoms with van der Waals surface area (Å²) >= 11 is 1.08. The minimum Gasteiger partial charge on any atom is -0.497 e. The third kappa shape index (κ3) is 4.11. The second-order valence-corrected chi connectivity index (χ2v) is 7.46. The lowest BCUT2D eigenvalue weighted by molar-refractivity contribution is -0.137. The summed E-state index contributed by atoms with van der Waals surface area (Å²) < 4.78 is 63.3. The van der Waals surface area contributed by atoms with Crippen molar-refractivity contribution in [2.45, 2.75) is 12.7 Å². The predicted molar refractivity (Wildman–Crippen MR) is 113 cm³/mol. The molecule has 0 spiro atoms. The van der Waals surface area contributed by atoms with Crippen LogP contribution in [0.3, 0.4) is 0 Å². The van der Waals surface area contributed by atoms with Gasteiger partial charge in [-0.3, -0.25) is 4.98 Å². The van der Waals surface area contributed by atoms with Crippen LogP contribution in [0.1, 0.15) is 11.1 Å². The number of halogens is 4. The first kappa shape index (κ1) is 20.9. The molecule has 2 heterocycles. The fourth-order valence-corrected chi connectivity index (χ4v) is 3.92. The van der Waals surface area contributed by atoms with Crippen LogP contribution in [-0.4, -0.2) is 16.5 Å². The molecule has 0 radical (unpaired) electrons. The second kappa shape index (κ2) is 8.03. The highest BCUT2D eigenvalue weighted by molar-refractivity contribution is 7.14. The van der Waals surface area contributed by atoms with E-state index in [1.54, 1.807) is 19.2 Å². The highest BCUT2D eigenvalue weighted by Gasteiger charge is 2.31. The van der Waals surface area contributed by atoms with Crippen molar-refractivity contribution < 1.29 is 22.3 Å². The van der Waals surface area contributed by atoms with Gasteiger partial charge >= 0.3 is 6.18 Å². The Labute approximate surface area is 178 Å². The van der Waals surface area contributed by atoms with Crippen molar-refractivity contribution in [2.24, 2.45) is 0 Å². The zero-order valence-corrected chi connectivity index (χ0v) is 16.9. The van der Waals surface area contributed by atoms with Gasteiger partial charge in [0, 0.05) is 23.9 Å². The van der Waals surface area contributed by atoms with Gasteiger partial charge < -0.3 is 15.8 Å². The fraction of sp³-hybridized carbons (Fsp3) is 0.143. The third-order valence-electron chi connectivity index (χ3n) is 4.73. The largest absolute Gasteiger partial charge is 0.497 e. The number of benzene rings is 2. The van der Waals surface area contributed by atoms with Gasteiger partial charge in [0.15, 0.2) is 5.82 Å². The van der Waals surface area contributed by atoms with E-state index in [4.69, 9.17) is 10.5 Å². The van der Waals surface area contributed by atoms with Crippen LogP contribution < -0.4 is 15.8 Å². The van der Waals surface area contributed by atoms with E-state index >= 15 is 0 Å². The van der Waals surface area contributed by atoms with Gasteiger partial charge in [-0.25, -0.2) is 4.39 Å². The van der Waals surface area contributed by atoms with Crippen LogP contribution in [0.15, 0.2) is 48.7 Å². The minimum atomic E-state index is -4.64. The molecule has 2 aromatic heterocycles. The molecule has 0 aliphatic heterocycles. The van der Waals surface area contributed by atoms with E-state index in [0.717, 1.165) is 29.2 Å². The minimum absolute atomic E-state index is 0.00778. The molecule has 3 N–H and O–H groups in total. The number of ether oxygens (including phenoxy) is 1. The summed E-state index contributed by atoms with van der Waals surface area (Å²) in [6.45, 7) is 0.371. The Morgan fingerprint density at radius 2 is 1.84 bits per heavy atom. The lowest BCUT2D eigenvalue weighted by atomic mass is 10.0. The number of aromatic nitrogens is 2. The van der Waals surface area contributed by atoms with Gasteiger partial charge in [-0.15, -0.1) is 0 Å². The molecule has 0 aliphatic carbocycles. The molecule has 4 aromatic rings. The third-order valence-corrected chi connectivity index (χ3v) is 5.60. The predicted octanol–water partition coefficient (Wildman–Crippen LogP) is 5.72. The zero-order chi connectivity index (χ0) is 22.2. The van der Waals surface area contributed by atoms with Crippen LogP contribution in [0.5, 0.6) is 5.75 Å². The Morgan fingerprint density at radius 1 is 1.10 bits per heavy atom. The first-order valence-electron chi connectivity index (χ1n) is 9.05. The first-order valence-corrected chi connectivity index (χ1v) is 9.83. The Balaban J connectivity index is 1.77. The Kier molecular flexibility index (Phi) is 5.40. The maximum atomic E-state index is 14.7. The van der Waals surface area contributed by atoms with Gasteiger partial charge in [-0.1, -0.05) is 18.2 Å². The lowest BCUT2D eigenvalue weighted by Crippen LogP contribution is -2.06. The molecule has 0 fully saturated rings. The molecule has 0 amide bonds. The van der Waals surface area contributed by atoms with Gasteiger partial charge in [-0.2, -0.15) is 17.5 Å². The lowest BCUT2D eigenvalue weighted by Gasteiger charge is -2.15. The van der Waals surface area contributed by atoms with Gasteiger partial charge in [0.1, 0.15) is 17.1 Å². The smallest absolute Gasteiger partial charge is 0.416 e. The van der Waals surface area contributed by atoms with Crippen molar-refractivity contribution in [3.8, 4) is 16.9 Å². The van der Waals surface area contributed by atoms with E-state index in [2.05, 4.69) is 14.7 Å². The zero-order valence-electron chi connectivity index (χ0n) is 16.1. The summed E-state index contributed by atoms with van der Waals surface area (Å²) in [4.78, 5) is 4.25. The molecule has 160 valence electrons. The summed E-state index contributed by atoms with van der Waals surface area (Å²) in [6.07, 6.45) is -3.25. The Bertz CT molecular complexity index is 1240. The van der Waals surface area contributed by atoms with Gasteiger partial charge in [0.25, 0.3) is 0 Å². The summed E-state index contributed by atoms with van der Waals surface area (Å²) in [5.41, 5.74) is 6.97. The number of alkyl halides is 3. The maximum absolute atomic E-state index is 14.7. The van der Waals surface area contributed by atoms with Crippen LogP contribution >= 0.6 is 11.5 Å². The van der Waals surface area contributed by atoms with E-state index < -0.39 is 17.6 Å². The van der Waals surface area contributed by atoms with Crippen molar-refractivity contribution in [3.63, 3.8) is 0 Å². The number of nitrogens with two attached hydrogens (primary N) is 1. The summed E-state index contributed by atoms with van der Waals surface area (Å²) in [6, 6.07) is 9.77. The molecule has 0 unspecified atom stereocenters. The van der Waals surface area contributed by atoms with E-state index in [1.165, 1.54) is 6.20 Å². The number of methoxy groups -OCH3 is 1. The normalized spacial score (nSPS) is 11.6. The molecule has 0 atom stereocenters. The molecule has 0 saturated heterocycles. The van der Waals surface area contributed by atoms with Crippen molar-refractivity contribution >= 4 is 33.3 Å². The average molecular weight is 448 g/mol. The molecular formula is C21H16F4N4OS. The maximum Gasteiger partial charge on any atom is 0.416 e. The number of nitrogen functional groups attached to an aromatic ring is 1. The highest BCUT2D eigenvalue weighted by atomic mass is 32.1. The fourth-order valence-electron chi connectivity index (χ4n) is 3.13. The average Bonchev–Trinajstić information content (AvgIpc) is 3.13. The highest BCUT2D eigenvalue weighted by Crippen LogP contribution is 2.40. The van der Waals surface area contributed by atoms with E-state index in [9.17, 15) is 17.6 Å². The topological polar surface area (TPSA) is 73.1 Å². The molecule has 0 aliphatic rings. The number of anilines is 2. The monoisotopic (exact) mass is 448 g/mol. The van der Waals surface area contributed by atoms with Crippen LogP contribution in [0.2, 0.25) is 0 Å². The van der Waals surface area contributed by atoms with Crippen LogP contribution in [0.4, 0.5) is 29.1 Å². The van der Waals surface area contributed by atoms with Gasteiger partial charge in [0.05, 0.1) is 23.1 Å². The molecule has 2 aromatic carbocycles. The van der Waals surface area contributed by atoms with Crippen molar-refractivity contribution in [3.05, 3.63) is 65.6 Å². The van der Waals surface area contributed by atoms with Crippen LogP contribution in [-0.2, 0) is 12.7 Å². The standard InChI is InChI=1S/C21H16F4N4OS/c1-30-13-5-2-11(3-6-13)9-27-17-15(10-28-18-19(17)31-29-20(18)26)14-7-4-12(8-16(14)22)21(23,24)25/h2-8,10H,9H2,1H3,(H2,26,29)(H,27,28). The van der Waals surface area contributed by atoms with Crippen molar-refractivity contribution in [2.75, 3.05) is 18.2 Å². The van der Waals surface area contributed by atoms with Crippen LogP contribution in [0, 0.1) is 5.82 Å². The first-order chi connectivity index (χ1) is 14.8. The quantitative estimate of drug-likeness (QED) is 0.382. The molecule has 31 heavy (non-hydrogen) atoms. The van der Waals surface area contributed by atoms with Crippen molar-refractivity contribution in [1.82, 2.24) is 9.36 Å². The Hall–Kier alpha value is -3.40. The molecule has 0 saturated carbocycles. The summed E-state index contributed by atoms with van der Waals surface area (Å²) in [5, 5.41) is 3.24. The SMILES string of the molecule is COc1ccc(CNc2c(-c3ccc(C(F)(F)F)cc3F)cnc3c(N)nsc23)cc1. The number of hydrogen-bond donors (Lipinski definition) is 2. The van der Waals surface area contributed by atoms with E-state index in [1.807, 2.05) is 12.1 Å². The number of pyridine rings is 1. The summed E-state index contributed by atoms with van der Waals surface area (Å²) in [5.74, 6) is -0.0642. The molecule has 0 bridgehead atoms. The molecule has 10 heteroatoms. The second-order valence-electron chi connectivity index (χ2n) is 6.69. The number of rotatable bonds is 5. The molecule has 4 rings (SSSR count). The van der Waals surface area contributed by atoms with Crippen molar-refractivity contribution in [1.29, 1.82) is 0 Å². The number of hydrogen-bond acceptors (Lipinski definition) is 6. The van der Waals surface area contributed by atoms with E-state index in [-0.39, 0.29) is 11.4 Å². The van der Waals surface area contributed by atoms with Gasteiger partial charge in [-0.05, 0) is 41.4 Å². The van der Waals surface area contributed by atoms with E-state index in [0.29, 0.717) is 39.8 Å².